The molecule has 0 unspecified atom stereocenters. The van der Waals surface area contributed by atoms with Gasteiger partial charge in [0.25, 0.3) is 5.56 Å². The lowest BCUT2D eigenvalue weighted by Crippen LogP contribution is -2.49. The quantitative estimate of drug-likeness (QED) is 0.776. The van der Waals surface area contributed by atoms with Crippen LogP contribution in [-0.4, -0.2) is 61.6 Å². The van der Waals surface area contributed by atoms with Gasteiger partial charge in [-0.1, -0.05) is 5.92 Å². The van der Waals surface area contributed by atoms with Gasteiger partial charge in [-0.2, -0.15) is 5.10 Å². The maximum Gasteiger partial charge on any atom is 0.407 e. The van der Waals surface area contributed by atoms with Crippen molar-refractivity contribution in [2.75, 3.05) is 31.1 Å². The Morgan fingerprint density at radius 3 is 2.67 bits per heavy atom. The summed E-state index contributed by atoms with van der Waals surface area (Å²) in [6.45, 7) is 3.98. The number of nitrogens with zero attached hydrogens (tertiary/aromatic N) is 6. The molecule has 1 aliphatic heterocycles. The molecular formula is C15H18N6O3. The van der Waals surface area contributed by atoms with Crippen molar-refractivity contribution in [2.24, 2.45) is 7.05 Å². The molecule has 0 aliphatic carbocycles. The zero-order chi connectivity index (χ0) is 17.3. The Balaban J connectivity index is 2.03. The average molecular weight is 330 g/mol. The van der Waals surface area contributed by atoms with E-state index < -0.39 is 6.09 Å². The van der Waals surface area contributed by atoms with Gasteiger partial charge in [-0.15, -0.1) is 5.92 Å². The third-order valence-electron chi connectivity index (χ3n) is 4.08. The fourth-order valence-corrected chi connectivity index (χ4v) is 2.74. The molecule has 1 fully saturated rings. The van der Waals surface area contributed by atoms with Crippen LogP contribution in [0.2, 0.25) is 0 Å². The van der Waals surface area contributed by atoms with E-state index in [0.29, 0.717) is 49.7 Å². The highest BCUT2D eigenvalue weighted by molar-refractivity contribution is 5.77. The van der Waals surface area contributed by atoms with Crippen LogP contribution in [0.5, 0.6) is 0 Å². The lowest BCUT2D eigenvalue weighted by molar-refractivity contribution is 0.142. The van der Waals surface area contributed by atoms with Crippen LogP contribution < -0.4 is 10.5 Å². The minimum atomic E-state index is -0.918. The van der Waals surface area contributed by atoms with E-state index in [9.17, 15) is 9.59 Å². The Labute approximate surface area is 138 Å². The Morgan fingerprint density at radius 2 is 2.04 bits per heavy atom. The molecule has 126 valence electrons. The van der Waals surface area contributed by atoms with Gasteiger partial charge in [0.15, 0.2) is 5.52 Å². The number of hydrogen-bond donors (Lipinski definition) is 1. The van der Waals surface area contributed by atoms with Gasteiger partial charge >= 0.3 is 6.09 Å². The summed E-state index contributed by atoms with van der Waals surface area (Å²) < 4.78 is 3.11. The number of piperazine rings is 1. The molecule has 0 spiro atoms. The molecule has 0 atom stereocenters. The molecule has 2 aromatic heterocycles. The van der Waals surface area contributed by atoms with E-state index in [2.05, 4.69) is 21.9 Å². The first kappa shape index (κ1) is 15.9. The molecule has 0 aromatic carbocycles. The van der Waals surface area contributed by atoms with Crippen LogP contribution in [0, 0.1) is 11.8 Å². The van der Waals surface area contributed by atoms with Crippen molar-refractivity contribution in [1.82, 2.24) is 24.2 Å². The number of aryl methyl sites for hydroxylation is 1. The Hall–Kier alpha value is -3.02. The lowest BCUT2D eigenvalue weighted by Gasteiger charge is -2.33. The molecule has 24 heavy (non-hydrogen) atoms. The van der Waals surface area contributed by atoms with E-state index in [1.165, 1.54) is 9.58 Å². The summed E-state index contributed by atoms with van der Waals surface area (Å²) in [6.07, 6.45) is 0.691. The molecule has 0 saturated carbocycles. The smallest absolute Gasteiger partial charge is 0.407 e. The average Bonchev–Trinajstić information content (AvgIpc) is 2.95. The van der Waals surface area contributed by atoms with Crippen molar-refractivity contribution in [3.63, 3.8) is 0 Å². The van der Waals surface area contributed by atoms with Crippen LogP contribution in [0.4, 0.5) is 10.7 Å². The number of carbonyl (C=O) groups is 1. The van der Waals surface area contributed by atoms with Crippen molar-refractivity contribution in [1.29, 1.82) is 0 Å². The van der Waals surface area contributed by atoms with E-state index in [0.717, 1.165) is 0 Å². The van der Waals surface area contributed by atoms with Crippen molar-refractivity contribution in [3.05, 3.63) is 16.6 Å². The standard InChI is InChI=1S/C15H18N6O3/c1-3-4-5-21-11-10-16-18(2)13(22)12(11)17-14(21)19-6-8-20(9-7-19)15(23)24/h10H,5-9H2,1-2H3,(H,23,24). The van der Waals surface area contributed by atoms with Gasteiger partial charge in [0.2, 0.25) is 5.95 Å². The SMILES string of the molecule is CC#CCn1c(N2CCN(C(=O)O)CC2)nc2c(=O)n(C)ncc21. The predicted octanol–water partition coefficient (Wildman–Crippen LogP) is -0.0467. The number of amides is 1. The van der Waals surface area contributed by atoms with Crippen molar-refractivity contribution in [3.8, 4) is 11.8 Å². The second-order valence-corrected chi connectivity index (χ2v) is 5.49. The van der Waals surface area contributed by atoms with Crippen LogP contribution in [0.3, 0.4) is 0 Å². The maximum absolute atomic E-state index is 12.3. The third kappa shape index (κ3) is 2.67. The topological polar surface area (TPSA) is 96.5 Å². The zero-order valence-electron chi connectivity index (χ0n) is 13.6. The highest BCUT2D eigenvalue weighted by atomic mass is 16.4. The Bertz CT molecular complexity index is 896. The Morgan fingerprint density at radius 1 is 1.33 bits per heavy atom. The number of aromatic nitrogens is 4. The normalized spacial score (nSPS) is 14.6. The molecule has 3 rings (SSSR count). The molecule has 9 nitrogen and oxygen atoms in total. The lowest BCUT2D eigenvalue weighted by atomic mass is 10.3. The first-order valence-electron chi connectivity index (χ1n) is 7.58. The minimum Gasteiger partial charge on any atom is -0.465 e. The summed E-state index contributed by atoms with van der Waals surface area (Å²) in [5.41, 5.74) is 0.721. The summed E-state index contributed by atoms with van der Waals surface area (Å²) in [4.78, 5) is 31.2. The number of anilines is 1. The number of carboxylic acid groups (broad SMARTS) is 1. The molecule has 3 heterocycles. The van der Waals surface area contributed by atoms with Gasteiger partial charge in [0.05, 0.1) is 18.3 Å². The Kier molecular flexibility index (Phi) is 4.12. The summed E-state index contributed by atoms with van der Waals surface area (Å²) >= 11 is 0. The number of imidazole rings is 1. The van der Waals surface area contributed by atoms with E-state index in [1.54, 1.807) is 20.2 Å². The molecule has 1 saturated heterocycles. The number of hydrogen-bond acceptors (Lipinski definition) is 5. The van der Waals surface area contributed by atoms with Crippen LogP contribution in [-0.2, 0) is 13.6 Å². The van der Waals surface area contributed by atoms with E-state index in [4.69, 9.17) is 5.11 Å². The second kappa shape index (κ2) is 6.23. The largest absolute Gasteiger partial charge is 0.465 e. The van der Waals surface area contributed by atoms with Crippen molar-refractivity contribution in [2.45, 2.75) is 13.5 Å². The van der Waals surface area contributed by atoms with Gasteiger partial charge in [-0.25, -0.2) is 14.5 Å². The first-order chi connectivity index (χ1) is 11.5. The van der Waals surface area contributed by atoms with Gasteiger partial charge in [-0.3, -0.25) is 9.36 Å². The summed E-state index contributed by atoms with van der Waals surface area (Å²) in [6, 6.07) is 0. The van der Waals surface area contributed by atoms with Crippen LogP contribution in [0.1, 0.15) is 6.92 Å². The highest BCUT2D eigenvalue weighted by Crippen LogP contribution is 2.21. The molecule has 9 heteroatoms. The van der Waals surface area contributed by atoms with Gasteiger partial charge in [-0.05, 0) is 6.92 Å². The van der Waals surface area contributed by atoms with Crippen LogP contribution in [0.15, 0.2) is 11.0 Å². The molecule has 1 N–H and O–H groups in total. The van der Waals surface area contributed by atoms with Crippen LogP contribution in [0.25, 0.3) is 11.0 Å². The van der Waals surface area contributed by atoms with Crippen molar-refractivity contribution < 1.29 is 9.90 Å². The van der Waals surface area contributed by atoms with Gasteiger partial charge in [0, 0.05) is 33.2 Å². The summed E-state index contributed by atoms with van der Waals surface area (Å²) in [7, 11) is 1.58. The van der Waals surface area contributed by atoms with Crippen molar-refractivity contribution >= 4 is 23.1 Å². The number of fused-ring (bicyclic) bond motifs is 1. The van der Waals surface area contributed by atoms with E-state index >= 15 is 0 Å². The van der Waals surface area contributed by atoms with Crippen LogP contribution >= 0.6 is 0 Å². The van der Waals surface area contributed by atoms with E-state index in [-0.39, 0.29) is 5.56 Å². The molecule has 0 radical (unpaired) electrons. The monoisotopic (exact) mass is 330 g/mol. The molecule has 2 aromatic rings. The second-order valence-electron chi connectivity index (χ2n) is 5.49. The maximum atomic E-state index is 12.3. The highest BCUT2D eigenvalue weighted by Gasteiger charge is 2.25. The fraction of sp³-hybridized carbons (Fsp3) is 0.467. The first-order valence-corrected chi connectivity index (χ1v) is 7.58. The van der Waals surface area contributed by atoms with Gasteiger partial charge in [0.1, 0.15) is 0 Å². The zero-order valence-corrected chi connectivity index (χ0v) is 13.6. The van der Waals surface area contributed by atoms with Gasteiger partial charge < -0.3 is 14.9 Å². The number of rotatable bonds is 2. The van der Waals surface area contributed by atoms with E-state index in [1.807, 2.05) is 9.47 Å². The predicted molar refractivity (Wildman–Crippen MR) is 88.0 cm³/mol. The molecule has 0 bridgehead atoms. The molecule has 1 aliphatic rings. The summed E-state index contributed by atoms with van der Waals surface area (Å²) in [5.74, 6) is 6.46. The molecular weight excluding hydrogens is 312 g/mol. The fourth-order valence-electron chi connectivity index (χ4n) is 2.74. The minimum absolute atomic E-state index is 0.263. The third-order valence-corrected chi connectivity index (χ3v) is 4.08. The molecule has 1 amide bonds. The summed E-state index contributed by atoms with van der Waals surface area (Å²) in [5, 5.41) is 13.1.